The van der Waals surface area contributed by atoms with Gasteiger partial charge in [-0.15, -0.1) is 0 Å². The first-order valence-corrected chi connectivity index (χ1v) is 13.1. The predicted molar refractivity (Wildman–Crippen MR) is 152 cm³/mol. The molecule has 0 aliphatic heterocycles. The molecule has 2 aromatic heterocycles. The number of hydrogen-bond acceptors (Lipinski definition) is 8. The maximum absolute atomic E-state index is 15.1. The molecule has 0 spiro atoms. The Bertz CT molecular complexity index is 1710. The molecule has 0 unspecified atom stereocenters. The molecule has 1 aliphatic carbocycles. The summed E-state index contributed by atoms with van der Waals surface area (Å²) in [6.45, 7) is -0.00698. The fourth-order valence-electron chi connectivity index (χ4n) is 4.77. The lowest BCUT2D eigenvalue weighted by Crippen LogP contribution is -2.29. The van der Waals surface area contributed by atoms with Crippen molar-refractivity contribution in [3.63, 3.8) is 0 Å². The van der Waals surface area contributed by atoms with E-state index in [-0.39, 0.29) is 64.2 Å². The third-order valence-electron chi connectivity index (χ3n) is 6.93. The monoisotopic (exact) mass is 575 g/mol. The van der Waals surface area contributed by atoms with Gasteiger partial charge in [0.1, 0.15) is 34.3 Å². The second-order valence-electron chi connectivity index (χ2n) is 9.66. The second-order valence-corrected chi connectivity index (χ2v) is 9.66. The Morgan fingerprint density at radius 1 is 1.10 bits per heavy atom. The molecule has 1 fully saturated rings. The number of nitrogens with two attached hydrogens (primary N) is 2. The number of anilines is 2. The molecule has 216 valence electrons. The van der Waals surface area contributed by atoms with Gasteiger partial charge >= 0.3 is 0 Å². The van der Waals surface area contributed by atoms with Gasteiger partial charge in [-0.05, 0) is 55.3 Å². The number of aliphatic hydroxyl groups is 1. The van der Waals surface area contributed by atoms with E-state index in [0.29, 0.717) is 0 Å². The van der Waals surface area contributed by atoms with Crippen molar-refractivity contribution in [2.24, 2.45) is 16.6 Å². The lowest BCUT2D eigenvalue weighted by atomic mass is 10.1. The summed E-state index contributed by atoms with van der Waals surface area (Å²) in [5.74, 6) is -2.08. The molecular formula is C29H27F2N7O4. The summed E-state index contributed by atoms with van der Waals surface area (Å²) in [5.41, 5.74) is 11.9. The number of aromatic nitrogens is 3. The van der Waals surface area contributed by atoms with E-state index in [1.165, 1.54) is 48.8 Å². The Morgan fingerprint density at radius 3 is 2.62 bits per heavy atom. The van der Waals surface area contributed by atoms with Gasteiger partial charge < -0.3 is 26.6 Å². The fraction of sp³-hybridized carbons (Fsp3) is 0.207. The molecule has 0 radical (unpaired) electrons. The molecular weight excluding hydrogens is 548 g/mol. The van der Waals surface area contributed by atoms with Crippen molar-refractivity contribution < 1.29 is 23.4 Å². The summed E-state index contributed by atoms with van der Waals surface area (Å²) < 4.78 is 35.1. The minimum absolute atomic E-state index is 0.00698. The standard InChI is InChI=1S/C29H27F2N7O4/c30-17-4-7-19(8-5-17)38-29(41)20(10-13-35-38)28(40)36-18-6-9-23(21(31)14-18)42-24-11-12-34-26(32)25(24)27(33)37-22-3-1-2-16(22)15-39/h4-14,16,22,39H,1-3,15H2,(H2,32,34)(H2,33,37)(H,36,40)/t16-,22-/m1/s1. The quantitative estimate of drug-likeness (QED) is 0.183. The van der Waals surface area contributed by atoms with E-state index in [2.05, 4.69) is 20.4 Å². The number of amidine groups is 1. The molecule has 5 rings (SSSR count). The molecule has 13 heteroatoms. The third-order valence-corrected chi connectivity index (χ3v) is 6.93. The van der Waals surface area contributed by atoms with E-state index in [1.54, 1.807) is 0 Å². The van der Waals surface area contributed by atoms with Crippen LogP contribution >= 0.6 is 0 Å². The zero-order chi connectivity index (χ0) is 29.8. The van der Waals surface area contributed by atoms with Crippen LogP contribution in [0.1, 0.15) is 35.2 Å². The number of ether oxygens (including phenoxy) is 1. The second kappa shape index (κ2) is 12.1. The van der Waals surface area contributed by atoms with Gasteiger partial charge in [-0.1, -0.05) is 6.42 Å². The summed E-state index contributed by atoms with van der Waals surface area (Å²) in [6.07, 6.45) is 5.15. The van der Waals surface area contributed by atoms with E-state index in [0.717, 1.165) is 42.1 Å². The van der Waals surface area contributed by atoms with Crippen LogP contribution in [0.2, 0.25) is 0 Å². The highest BCUT2D eigenvalue weighted by Gasteiger charge is 2.27. The molecule has 1 aliphatic rings. The number of amides is 1. The molecule has 0 bridgehead atoms. The average molecular weight is 576 g/mol. The van der Waals surface area contributed by atoms with Crippen LogP contribution in [0.5, 0.6) is 11.5 Å². The van der Waals surface area contributed by atoms with Gasteiger partial charge in [-0.2, -0.15) is 9.78 Å². The van der Waals surface area contributed by atoms with Gasteiger partial charge in [-0.3, -0.25) is 14.6 Å². The summed E-state index contributed by atoms with van der Waals surface area (Å²) >= 11 is 0. The molecule has 42 heavy (non-hydrogen) atoms. The Labute approximate surface area is 238 Å². The third kappa shape index (κ3) is 5.95. The summed E-state index contributed by atoms with van der Waals surface area (Å²) in [7, 11) is 0. The van der Waals surface area contributed by atoms with Crippen molar-refractivity contribution in [3.05, 3.63) is 100 Å². The van der Waals surface area contributed by atoms with E-state index < -0.39 is 23.1 Å². The first kappa shape index (κ1) is 28.4. The summed E-state index contributed by atoms with van der Waals surface area (Å²) in [4.78, 5) is 34.3. The Hall–Kier alpha value is -5.17. The SMILES string of the molecule is NC(=N[C@@H]1CCC[C@@H]1CO)c1c(Oc2ccc(NC(=O)c3ccnn(-c4ccc(F)cc4)c3=O)cc2F)ccnc1N. The number of rotatable bonds is 8. The number of nitrogens with zero attached hydrogens (tertiary/aromatic N) is 4. The van der Waals surface area contributed by atoms with Crippen LogP contribution in [0.4, 0.5) is 20.3 Å². The zero-order valence-electron chi connectivity index (χ0n) is 22.2. The van der Waals surface area contributed by atoms with Gasteiger partial charge in [-0.25, -0.2) is 13.8 Å². The number of benzene rings is 2. The van der Waals surface area contributed by atoms with Crippen LogP contribution < -0.4 is 27.1 Å². The van der Waals surface area contributed by atoms with Crippen molar-refractivity contribution in [1.29, 1.82) is 0 Å². The van der Waals surface area contributed by atoms with Crippen molar-refractivity contribution in [1.82, 2.24) is 14.8 Å². The molecule has 2 heterocycles. The van der Waals surface area contributed by atoms with Crippen molar-refractivity contribution >= 4 is 23.2 Å². The highest BCUT2D eigenvalue weighted by Crippen LogP contribution is 2.33. The van der Waals surface area contributed by atoms with Gasteiger partial charge in [0.15, 0.2) is 11.6 Å². The molecule has 4 aromatic rings. The smallest absolute Gasteiger partial charge is 0.284 e. The highest BCUT2D eigenvalue weighted by molar-refractivity contribution is 6.04. The van der Waals surface area contributed by atoms with Crippen molar-refractivity contribution in [2.75, 3.05) is 17.7 Å². The number of pyridine rings is 1. The van der Waals surface area contributed by atoms with E-state index in [4.69, 9.17) is 16.2 Å². The van der Waals surface area contributed by atoms with E-state index >= 15 is 4.39 Å². The number of carbonyl (C=O) groups excluding carboxylic acids is 1. The number of halogens is 2. The first-order chi connectivity index (χ1) is 20.2. The predicted octanol–water partition coefficient (Wildman–Crippen LogP) is 3.40. The van der Waals surface area contributed by atoms with Crippen LogP contribution in [0.3, 0.4) is 0 Å². The lowest BCUT2D eigenvalue weighted by molar-refractivity contribution is 0.102. The molecule has 2 aromatic carbocycles. The fourth-order valence-corrected chi connectivity index (χ4v) is 4.77. The number of aliphatic imine (C=N–C) groups is 1. The minimum atomic E-state index is -0.820. The maximum Gasteiger partial charge on any atom is 0.284 e. The van der Waals surface area contributed by atoms with E-state index in [9.17, 15) is 19.1 Å². The Kier molecular flexibility index (Phi) is 8.20. The maximum atomic E-state index is 15.1. The number of nitrogen functional groups attached to an aromatic ring is 1. The molecule has 11 nitrogen and oxygen atoms in total. The topological polar surface area (TPSA) is 171 Å². The Morgan fingerprint density at radius 2 is 1.88 bits per heavy atom. The van der Waals surface area contributed by atoms with Crippen LogP contribution in [0.25, 0.3) is 5.69 Å². The normalized spacial score (nSPS) is 16.8. The van der Waals surface area contributed by atoms with Gasteiger partial charge in [0.05, 0.1) is 11.7 Å². The molecule has 1 amide bonds. The highest BCUT2D eigenvalue weighted by atomic mass is 19.1. The molecule has 6 N–H and O–H groups in total. The Balaban J connectivity index is 1.35. The lowest BCUT2D eigenvalue weighted by Gasteiger charge is -2.17. The molecule has 2 atom stereocenters. The van der Waals surface area contributed by atoms with Crippen LogP contribution in [0.15, 0.2) is 76.8 Å². The number of carbonyl (C=O) groups is 1. The number of hydrogen-bond donors (Lipinski definition) is 4. The minimum Gasteiger partial charge on any atom is -0.453 e. The summed E-state index contributed by atoms with van der Waals surface area (Å²) in [6, 6.07) is 11.2. The average Bonchev–Trinajstić information content (AvgIpc) is 3.42. The summed E-state index contributed by atoms with van der Waals surface area (Å²) in [5, 5.41) is 16.0. The molecule has 0 saturated heterocycles. The van der Waals surface area contributed by atoms with Crippen LogP contribution in [-0.4, -0.2) is 44.3 Å². The zero-order valence-corrected chi connectivity index (χ0v) is 22.2. The molecule has 1 saturated carbocycles. The van der Waals surface area contributed by atoms with Gasteiger partial charge in [0, 0.05) is 42.7 Å². The van der Waals surface area contributed by atoms with Gasteiger partial charge in [0.2, 0.25) is 0 Å². The van der Waals surface area contributed by atoms with E-state index in [1.807, 2.05) is 0 Å². The van der Waals surface area contributed by atoms with Crippen LogP contribution in [-0.2, 0) is 0 Å². The number of nitrogens with one attached hydrogen (secondary N) is 1. The van der Waals surface area contributed by atoms with Gasteiger partial charge in [0.25, 0.3) is 11.5 Å². The first-order valence-electron chi connectivity index (χ1n) is 13.1. The van der Waals surface area contributed by atoms with Crippen molar-refractivity contribution in [2.45, 2.75) is 25.3 Å². The largest absolute Gasteiger partial charge is 0.453 e. The number of aliphatic hydroxyl groups excluding tert-OH is 1. The van der Waals surface area contributed by atoms with Crippen molar-refractivity contribution in [3.8, 4) is 17.2 Å². The van der Waals surface area contributed by atoms with Crippen LogP contribution in [0, 0.1) is 17.6 Å².